The summed E-state index contributed by atoms with van der Waals surface area (Å²) in [6.45, 7) is 0. The lowest BCUT2D eigenvalue weighted by molar-refractivity contribution is 0.787. The van der Waals surface area contributed by atoms with E-state index in [9.17, 15) is 0 Å². The molecule has 0 bridgehead atoms. The van der Waals surface area contributed by atoms with Crippen molar-refractivity contribution >= 4 is 21.7 Å². The number of imidazole rings is 1. The van der Waals surface area contributed by atoms with E-state index in [1.807, 2.05) is 41.9 Å². The van der Waals surface area contributed by atoms with Gasteiger partial charge in [-0.25, -0.2) is 9.67 Å². The van der Waals surface area contributed by atoms with E-state index < -0.39 is 0 Å². The van der Waals surface area contributed by atoms with E-state index in [1.165, 1.54) is 0 Å². The van der Waals surface area contributed by atoms with Crippen LogP contribution in [0.5, 0.6) is 0 Å². The first-order valence-corrected chi connectivity index (χ1v) is 5.66. The van der Waals surface area contributed by atoms with Gasteiger partial charge in [-0.1, -0.05) is 28.1 Å². The number of aromatic nitrogens is 4. The summed E-state index contributed by atoms with van der Waals surface area (Å²) >= 11 is 3.42. The van der Waals surface area contributed by atoms with Crippen LogP contribution < -0.4 is 0 Å². The molecule has 0 N–H and O–H groups in total. The fourth-order valence-electron chi connectivity index (χ4n) is 1.65. The molecule has 0 atom stereocenters. The molecular weight excluding hydrogens is 268 g/mol. The highest BCUT2D eigenvalue weighted by Gasteiger charge is 2.06. The summed E-state index contributed by atoms with van der Waals surface area (Å²) in [5, 5.41) is 4.11. The van der Waals surface area contributed by atoms with Gasteiger partial charge in [0.25, 0.3) is 0 Å². The average molecular weight is 277 g/mol. The van der Waals surface area contributed by atoms with E-state index in [2.05, 4.69) is 26.0 Å². The molecule has 80 valence electrons. The molecule has 0 aliphatic carbocycles. The van der Waals surface area contributed by atoms with Crippen LogP contribution in [-0.4, -0.2) is 19.2 Å². The van der Waals surface area contributed by atoms with Gasteiger partial charge in [0.2, 0.25) is 5.78 Å². The lowest BCUT2D eigenvalue weighted by atomic mass is 10.2. The van der Waals surface area contributed by atoms with E-state index in [4.69, 9.17) is 0 Å². The molecule has 0 fully saturated rings. The van der Waals surface area contributed by atoms with E-state index in [-0.39, 0.29) is 0 Å². The van der Waals surface area contributed by atoms with Crippen molar-refractivity contribution < 1.29 is 0 Å². The standard InChI is InChI=1S/C11H9BrN4/c1-15-11-14-10(6-16(11)7-13-15)8-2-4-9(12)5-3-8/h2-7H,1H3. The van der Waals surface area contributed by atoms with Gasteiger partial charge >= 0.3 is 0 Å². The molecule has 0 aliphatic heterocycles. The zero-order chi connectivity index (χ0) is 11.1. The highest BCUT2D eigenvalue weighted by molar-refractivity contribution is 9.10. The largest absolute Gasteiger partial charge is 0.272 e. The summed E-state index contributed by atoms with van der Waals surface area (Å²) in [4.78, 5) is 4.52. The number of aryl methyl sites for hydroxylation is 1. The van der Waals surface area contributed by atoms with Crippen LogP contribution in [-0.2, 0) is 7.05 Å². The first kappa shape index (κ1) is 9.59. The molecule has 0 unspecified atom stereocenters. The molecule has 0 aliphatic rings. The summed E-state index contributed by atoms with van der Waals surface area (Å²) in [5.74, 6) is 0.845. The maximum Gasteiger partial charge on any atom is 0.232 e. The second-order valence-corrected chi connectivity index (χ2v) is 4.51. The van der Waals surface area contributed by atoms with Crippen LogP contribution in [0.2, 0.25) is 0 Å². The Morgan fingerprint density at radius 2 is 1.94 bits per heavy atom. The van der Waals surface area contributed by atoms with Gasteiger partial charge in [-0.15, -0.1) is 0 Å². The van der Waals surface area contributed by atoms with Gasteiger partial charge in [0.15, 0.2) is 0 Å². The number of rotatable bonds is 1. The second-order valence-electron chi connectivity index (χ2n) is 3.59. The number of benzene rings is 1. The average Bonchev–Trinajstić information content (AvgIpc) is 2.83. The Balaban J connectivity index is 2.15. The van der Waals surface area contributed by atoms with Gasteiger partial charge in [-0.3, -0.25) is 4.40 Å². The Kier molecular flexibility index (Phi) is 2.07. The summed E-state index contributed by atoms with van der Waals surface area (Å²) < 4.78 is 4.74. The van der Waals surface area contributed by atoms with Gasteiger partial charge in [0.05, 0.1) is 5.69 Å². The third-order valence-electron chi connectivity index (χ3n) is 2.49. The third kappa shape index (κ3) is 1.44. The Labute approximate surface area is 101 Å². The molecule has 5 heteroatoms. The zero-order valence-corrected chi connectivity index (χ0v) is 10.2. The monoisotopic (exact) mass is 276 g/mol. The Morgan fingerprint density at radius 1 is 1.19 bits per heavy atom. The molecule has 2 aromatic heterocycles. The highest BCUT2D eigenvalue weighted by atomic mass is 79.9. The van der Waals surface area contributed by atoms with Crippen molar-refractivity contribution in [1.29, 1.82) is 0 Å². The van der Waals surface area contributed by atoms with Gasteiger partial charge < -0.3 is 0 Å². The van der Waals surface area contributed by atoms with Crippen molar-refractivity contribution in [2.45, 2.75) is 0 Å². The van der Waals surface area contributed by atoms with E-state index in [1.54, 1.807) is 11.0 Å². The molecule has 2 heterocycles. The van der Waals surface area contributed by atoms with Gasteiger partial charge in [-0.2, -0.15) is 5.10 Å². The molecule has 0 radical (unpaired) electrons. The highest BCUT2D eigenvalue weighted by Crippen LogP contribution is 2.21. The molecule has 4 nitrogen and oxygen atoms in total. The molecule has 1 aromatic carbocycles. The first-order valence-electron chi connectivity index (χ1n) is 4.87. The van der Waals surface area contributed by atoms with Crippen molar-refractivity contribution in [3.05, 3.63) is 41.3 Å². The van der Waals surface area contributed by atoms with Crippen LogP contribution in [0.25, 0.3) is 17.0 Å². The fourth-order valence-corrected chi connectivity index (χ4v) is 1.92. The lowest BCUT2D eigenvalue weighted by Crippen LogP contribution is -1.90. The van der Waals surface area contributed by atoms with Gasteiger partial charge in [0, 0.05) is 23.3 Å². The van der Waals surface area contributed by atoms with E-state index in [0.717, 1.165) is 21.5 Å². The minimum absolute atomic E-state index is 0.845. The predicted molar refractivity (Wildman–Crippen MR) is 65.1 cm³/mol. The molecule has 0 amide bonds. The number of hydrogen-bond donors (Lipinski definition) is 0. The fraction of sp³-hybridized carbons (Fsp3) is 0.0909. The number of fused-ring (bicyclic) bond motifs is 1. The Morgan fingerprint density at radius 3 is 2.62 bits per heavy atom. The SMILES string of the molecule is Cn1ncn2cc(-c3ccc(Br)cc3)nc12. The predicted octanol–water partition coefficient (Wildman–Crippen LogP) is 2.50. The summed E-state index contributed by atoms with van der Waals surface area (Å²) in [6.07, 6.45) is 3.73. The smallest absolute Gasteiger partial charge is 0.232 e. The number of halogens is 1. The molecule has 16 heavy (non-hydrogen) atoms. The Hall–Kier alpha value is -1.62. The quantitative estimate of drug-likeness (QED) is 0.685. The van der Waals surface area contributed by atoms with Crippen molar-refractivity contribution in [1.82, 2.24) is 19.2 Å². The summed E-state index contributed by atoms with van der Waals surface area (Å²) in [6, 6.07) is 8.10. The lowest BCUT2D eigenvalue weighted by Gasteiger charge is -1.95. The summed E-state index contributed by atoms with van der Waals surface area (Å²) in [5.41, 5.74) is 2.06. The number of hydrogen-bond acceptors (Lipinski definition) is 2. The van der Waals surface area contributed by atoms with Crippen molar-refractivity contribution in [3.63, 3.8) is 0 Å². The topological polar surface area (TPSA) is 35.1 Å². The van der Waals surface area contributed by atoms with Crippen LogP contribution in [0, 0.1) is 0 Å². The molecule has 0 saturated carbocycles. The molecule has 3 aromatic rings. The van der Waals surface area contributed by atoms with E-state index in [0.29, 0.717) is 0 Å². The van der Waals surface area contributed by atoms with Crippen LogP contribution in [0.1, 0.15) is 0 Å². The molecular formula is C11H9BrN4. The number of nitrogens with zero attached hydrogens (tertiary/aromatic N) is 4. The van der Waals surface area contributed by atoms with Gasteiger partial charge in [0.1, 0.15) is 6.33 Å². The molecule has 3 rings (SSSR count). The molecule has 0 saturated heterocycles. The van der Waals surface area contributed by atoms with Crippen molar-refractivity contribution in [2.24, 2.45) is 7.05 Å². The normalized spacial score (nSPS) is 11.1. The summed E-state index contributed by atoms with van der Waals surface area (Å²) in [7, 11) is 1.88. The first-order chi connectivity index (χ1) is 7.74. The van der Waals surface area contributed by atoms with Crippen LogP contribution in [0.3, 0.4) is 0 Å². The Bertz CT molecular complexity index is 636. The minimum atomic E-state index is 0.845. The maximum atomic E-state index is 4.52. The van der Waals surface area contributed by atoms with Crippen LogP contribution in [0.15, 0.2) is 41.3 Å². The van der Waals surface area contributed by atoms with Crippen molar-refractivity contribution in [3.8, 4) is 11.3 Å². The second kappa shape index (κ2) is 3.45. The third-order valence-corrected chi connectivity index (χ3v) is 3.02. The van der Waals surface area contributed by atoms with E-state index >= 15 is 0 Å². The zero-order valence-electron chi connectivity index (χ0n) is 8.63. The minimum Gasteiger partial charge on any atom is -0.272 e. The van der Waals surface area contributed by atoms with Crippen molar-refractivity contribution in [2.75, 3.05) is 0 Å². The van der Waals surface area contributed by atoms with Crippen LogP contribution >= 0.6 is 15.9 Å². The van der Waals surface area contributed by atoms with Crippen LogP contribution in [0.4, 0.5) is 0 Å². The maximum absolute atomic E-state index is 4.52. The van der Waals surface area contributed by atoms with Gasteiger partial charge in [-0.05, 0) is 12.1 Å². The molecule has 0 spiro atoms.